The Hall–Kier alpha value is -2.36. The number of hydrogen-bond donors (Lipinski definition) is 2. The van der Waals surface area contributed by atoms with Gasteiger partial charge in [0.1, 0.15) is 0 Å². The van der Waals surface area contributed by atoms with Gasteiger partial charge in [-0.05, 0) is 36.4 Å². The Balaban J connectivity index is 1.92. The van der Waals surface area contributed by atoms with Crippen molar-refractivity contribution in [2.75, 3.05) is 5.32 Å². The molecular formula is C14H10F2N2. The molecule has 0 aliphatic rings. The lowest BCUT2D eigenvalue weighted by Gasteiger charge is -2.06. The van der Waals surface area contributed by atoms with Crippen LogP contribution in [0.2, 0.25) is 0 Å². The number of aromatic nitrogens is 1. The highest BCUT2D eigenvalue weighted by molar-refractivity contribution is 5.84. The molecule has 0 saturated heterocycles. The van der Waals surface area contributed by atoms with Crippen molar-refractivity contribution in [1.29, 1.82) is 0 Å². The van der Waals surface area contributed by atoms with Crippen LogP contribution in [0.15, 0.2) is 48.7 Å². The number of fused-ring (bicyclic) bond motifs is 1. The molecule has 0 aliphatic carbocycles. The summed E-state index contributed by atoms with van der Waals surface area (Å²) in [4.78, 5) is 3.09. The maximum Gasteiger partial charge on any atom is 0.160 e. The third-order valence-corrected chi connectivity index (χ3v) is 2.76. The highest BCUT2D eigenvalue weighted by Gasteiger charge is 2.03. The Labute approximate surface area is 102 Å². The van der Waals surface area contributed by atoms with Gasteiger partial charge in [0.15, 0.2) is 11.6 Å². The summed E-state index contributed by atoms with van der Waals surface area (Å²) in [5.41, 5.74) is 2.38. The van der Waals surface area contributed by atoms with Crippen molar-refractivity contribution in [3.8, 4) is 0 Å². The van der Waals surface area contributed by atoms with Crippen LogP contribution in [0.1, 0.15) is 0 Å². The third kappa shape index (κ3) is 1.93. The summed E-state index contributed by atoms with van der Waals surface area (Å²) in [6.07, 6.45) is 1.85. The normalized spacial score (nSPS) is 10.8. The first kappa shape index (κ1) is 10.8. The molecule has 0 bridgehead atoms. The van der Waals surface area contributed by atoms with E-state index in [0.717, 1.165) is 28.7 Å². The average Bonchev–Trinajstić information content (AvgIpc) is 2.81. The van der Waals surface area contributed by atoms with Gasteiger partial charge in [0.25, 0.3) is 0 Å². The molecule has 4 heteroatoms. The minimum atomic E-state index is -0.859. The summed E-state index contributed by atoms with van der Waals surface area (Å²) in [6.45, 7) is 0. The number of halogens is 2. The van der Waals surface area contributed by atoms with E-state index in [9.17, 15) is 8.78 Å². The molecule has 2 N–H and O–H groups in total. The van der Waals surface area contributed by atoms with Crippen LogP contribution in [0.25, 0.3) is 10.9 Å². The summed E-state index contributed by atoms with van der Waals surface area (Å²) in [7, 11) is 0. The monoisotopic (exact) mass is 244 g/mol. The van der Waals surface area contributed by atoms with Crippen molar-refractivity contribution < 1.29 is 8.78 Å². The van der Waals surface area contributed by atoms with E-state index < -0.39 is 11.6 Å². The van der Waals surface area contributed by atoms with Gasteiger partial charge in [-0.1, -0.05) is 0 Å². The second-order valence-electron chi connectivity index (χ2n) is 4.03. The van der Waals surface area contributed by atoms with Crippen molar-refractivity contribution in [3.63, 3.8) is 0 Å². The maximum atomic E-state index is 13.1. The van der Waals surface area contributed by atoms with Gasteiger partial charge in [0.2, 0.25) is 0 Å². The Morgan fingerprint density at radius 1 is 0.833 bits per heavy atom. The highest BCUT2D eigenvalue weighted by Crippen LogP contribution is 2.22. The van der Waals surface area contributed by atoms with Gasteiger partial charge < -0.3 is 10.3 Å². The van der Waals surface area contributed by atoms with Gasteiger partial charge in [-0.25, -0.2) is 8.78 Å². The second-order valence-corrected chi connectivity index (χ2v) is 4.03. The fraction of sp³-hybridized carbons (Fsp3) is 0. The minimum Gasteiger partial charge on any atom is -0.361 e. The summed E-state index contributed by atoms with van der Waals surface area (Å²) in [6, 6.07) is 11.4. The van der Waals surface area contributed by atoms with Crippen molar-refractivity contribution in [2.24, 2.45) is 0 Å². The smallest absolute Gasteiger partial charge is 0.160 e. The molecule has 0 spiro atoms. The zero-order valence-corrected chi connectivity index (χ0v) is 9.37. The second kappa shape index (κ2) is 4.14. The lowest BCUT2D eigenvalue weighted by Crippen LogP contribution is -1.92. The summed E-state index contributed by atoms with van der Waals surface area (Å²) in [5.74, 6) is -1.70. The lowest BCUT2D eigenvalue weighted by molar-refractivity contribution is 0.509. The quantitative estimate of drug-likeness (QED) is 0.695. The van der Waals surface area contributed by atoms with Gasteiger partial charge in [-0.3, -0.25) is 0 Å². The molecule has 0 saturated carbocycles. The zero-order valence-electron chi connectivity index (χ0n) is 9.37. The molecule has 90 valence electrons. The van der Waals surface area contributed by atoms with Crippen molar-refractivity contribution >= 4 is 22.3 Å². The topological polar surface area (TPSA) is 27.8 Å². The zero-order chi connectivity index (χ0) is 12.5. The number of anilines is 2. The van der Waals surface area contributed by atoms with E-state index in [1.165, 1.54) is 6.07 Å². The van der Waals surface area contributed by atoms with E-state index in [1.54, 1.807) is 0 Å². The standard InChI is InChI=1S/C14H10F2N2/c15-12-3-1-11(8-13(12)16)18-10-2-4-14-9(7-10)5-6-17-14/h1-8,17-18H. The van der Waals surface area contributed by atoms with Gasteiger partial charge in [-0.15, -0.1) is 0 Å². The van der Waals surface area contributed by atoms with Crippen LogP contribution in [0, 0.1) is 11.6 Å². The minimum absolute atomic E-state index is 0.517. The van der Waals surface area contributed by atoms with E-state index in [0.29, 0.717) is 5.69 Å². The van der Waals surface area contributed by atoms with Gasteiger partial charge in [0, 0.05) is 34.5 Å². The Morgan fingerprint density at radius 2 is 1.61 bits per heavy atom. The first-order valence-electron chi connectivity index (χ1n) is 5.51. The Morgan fingerprint density at radius 3 is 2.44 bits per heavy atom. The predicted molar refractivity (Wildman–Crippen MR) is 67.9 cm³/mol. The molecule has 0 fully saturated rings. The molecule has 2 aromatic carbocycles. The first-order valence-corrected chi connectivity index (χ1v) is 5.51. The number of aromatic amines is 1. The molecule has 18 heavy (non-hydrogen) atoms. The molecule has 0 unspecified atom stereocenters. The molecule has 2 nitrogen and oxygen atoms in total. The predicted octanol–water partition coefficient (Wildman–Crippen LogP) is 4.19. The molecular weight excluding hydrogens is 234 g/mol. The maximum absolute atomic E-state index is 13.1. The third-order valence-electron chi connectivity index (χ3n) is 2.76. The van der Waals surface area contributed by atoms with Crippen molar-refractivity contribution in [3.05, 3.63) is 60.3 Å². The van der Waals surface area contributed by atoms with Gasteiger partial charge in [-0.2, -0.15) is 0 Å². The molecule has 0 amide bonds. The van der Waals surface area contributed by atoms with Crippen LogP contribution < -0.4 is 5.32 Å². The molecule has 0 atom stereocenters. The van der Waals surface area contributed by atoms with Gasteiger partial charge in [0.05, 0.1) is 0 Å². The first-order chi connectivity index (χ1) is 8.72. The summed E-state index contributed by atoms with van der Waals surface area (Å²) in [5, 5.41) is 4.09. The number of rotatable bonds is 2. The Kier molecular flexibility index (Phi) is 2.48. The van der Waals surface area contributed by atoms with Crippen LogP contribution in [0.3, 0.4) is 0 Å². The highest BCUT2D eigenvalue weighted by atomic mass is 19.2. The fourth-order valence-electron chi connectivity index (χ4n) is 1.87. The average molecular weight is 244 g/mol. The van der Waals surface area contributed by atoms with Gasteiger partial charge >= 0.3 is 0 Å². The van der Waals surface area contributed by atoms with Crippen molar-refractivity contribution in [1.82, 2.24) is 4.98 Å². The van der Waals surface area contributed by atoms with Crippen molar-refractivity contribution in [2.45, 2.75) is 0 Å². The Bertz CT molecular complexity index is 704. The fourth-order valence-corrected chi connectivity index (χ4v) is 1.87. The van der Waals surface area contributed by atoms with E-state index in [4.69, 9.17) is 0 Å². The van der Waals surface area contributed by atoms with Crippen LogP contribution in [0.5, 0.6) is 0 Å². The van der Waals surface area contributed by atoms with Crippen LogP contribution >= 0.6 is 0 Å². The van der Waals surface area contributed by atoms with Crippen LogP contribution in [0.4, 0.5) is 20.2 Å². The molecule has 0 aliphatic heterocycles. The van der Waals surface area contributed by atoms with E-state index >= 15 is 0 Å². The van der Waals surface area contributed by atoms with E-state index in [1.807, 2.05) is 30.5 Å². The number of hydrogen-bond acceptors (Lipinski definition) is 1. The summed E-state index contributed by atoms with van der Waals surface area (Å²) < 4.78 is 25.9. The molecule has 3 aromatic rings. The molecule has 3 rings (SSSR count). The number of benzene rings is 2. The lowest BCUT2D eigenvalue weighted by atomic mass is 10.2. The number of nitrogens with one attached hydrogen (secondary N) is 2. The molecule has 1 heterocycles. The van der Waals surface area contributed by atoms with E-state index in [2.05, 4.69) is 10.3 Å². The number of H-pyrrole nitrogens is 1. The molecule has 1 aromatic heterocycles. The van der Waals surface area contributed by atoms with Crippen LogP contribution in [-0.4, -0.2) is 4.98 Å². The van der Waals surface area contributed by atoms with E-state index in [-0.39, 0.29) is 0 Å². The van der Waals surface area contributed by atoms with Crippen LogP contribution in [-0.2, 0) is 0 Å². The SMILES string of the molecule is Fc1ccc(Nc2ccc3[nH]ccc3c2)cc1F. The summed E-state index contributed by atoms with van der Waals surface area (Å²) >= 11 is 0. The largest absolute Gasteiger partial charge is 0.361 e. The molecule has 0 radical (unpaired) electrons.